The van der Waals surface area contributed by atoms with Crippen molar-refractivity contribution in [3.8, 4) is 0 Å². The second kappa shape index (κ2) is 4.63. The predicted molar refractivity (Wildman–Crippen MR) is 38.5 cm³/mol. The summed E-state index contributed by atoms with van der Waals surface area (Å²) in [6.07, 6.45) is 6.93. The van der Waals surface area contributed by atoms with Crippen LogP contribution < -0.4 is 0 Å². The lowest BCUT2D eigenvalue weighted by molar-refractivity contribution is 0.937. The van der Waals surface area contributed by atoms with E-state index in [2.05, 4.69) is 26.5 Å². The highest BCUT2D eigenvalue weighted by molar-refractivity contribution is 4.94. The molecule has 0 saturated carbocycles. The molecule has 0 aromatic rings. The van der Waals surface area contributed by atoms with Crippen LogP contribution >= 0.6 is 0 Å². The minimum Gasteiger partial charge on any atom is -0.102 e. The van der Waals surface area contributed by atoms with Gasteiger partial charge in [0.1, 0.15) is 0 Å². The summed E-state index contributed by atoms with van der Waals surface area (Å²) in [5, 5.41) is 0. The third-order valence-corrected chi connectivity index (χ3v) is 0.978. The first-order valence-electron chi connectivity index (χ1n) is 2.89. The Kier molecular flexibility index (Phi) is 4.33. The van der Waals surface area contributed by atoms with Crippen LogP contribution in [0.5, 0.6) is 0 Å². The number of allylic oxidation sites excluding steroid dienone is 3. The van der Waals surface area contributed by atoms with Crippen molar-refractivity contribution < 1.29 is 0 Å². The fraction of sp³-hybridized carbons (Fsp3) is 0.375. The molecule has 0 N–H and O–H groups in total. The maximum absolute atomic E-state index is 3.67. The molecule has 45 valence electrons. The van der Waals surface area contributed by atoms with Crippen LogP contribution in [0.25, 0.3) is 0 Å². The van der Waals surface area contributed by atoms with Crippen molar-refractivity contribution >= 4 is 0 Å². The third-order valence-electron chi connectivity index (χ3n) is 0.978. The maximum atomic E-state index is 3.67. The molecule has 0 saturated heterocycles. The predicted octanol–water partition coefficient (Wildman–Crippen LogP) is 2.59. The van der Waals surface area contributed by atoms with Crippen LogP contribution in [0.4, 0.5) is 0 Å². The molecule has 0 fully saturated rings. The lowest BCUT2D eigenvalue weighted by atomic mass is 10.1. The van der Waals surface area contributed by atoms with E-state index in [0.29, 0.717) is 5.92 Å². The van der Waals surface area contributed by atoms with Crippen molar-refractivity contribution in [2.24, 2.45) is 5.92 Å². The van der Waals surface area contributed by atoms with Gasteiger partial charge in [0.25, 0.3) is 0 Å². The second-order valence-corrected chi connectivity index (χ2v) is 1.81. The van der Waals surface area contributed by atoms with Crippen LogP contribution in [0.1, 0.15) is 13.3 Å². The summed E-state index contributed by atoms with van der Waals surface area (Å²) in [6, 6.07) is 0. The van der Waals surface area contributed by atoms with Crippen LogP contribution in [-0.2, 0) is 0 Å². The van der Waals surface area contributed by atoms with Crippen molar-refractivity contribution in [2.45, 2.75) is 13.3 Å². The minimum absolute atomic E-state index is 0.497. The van der Waals surface area contributed by atoms with Gasteiger partial charge in [0.2, 0.25) is 0 Å². The zero-order chi connectivity index (χ0) is 6.41. The average molecular weight is 109 g/mol. The van der Waals surface area contributed by atoms with Gasteiger partial charge in [-0.05, 0) is 19.3 Å². The van der Waals surface area contributed by atoms with Gasteiger partial charge in [-0.3, -0.25) is 0 Å². The van der Waals surface area contributed by atoms with Crippen molar-refractivity contribution in [3.63, 3.8) is 0 Å². The largest absolute Gasteiger partial charge is 0.102 e. The molecule has 1 radical (unpaired) electrons. The molecule has 0 amide bonds. The SMILES string of the molecule is [CH2]CC=CC(C)C=C. The molecule has 0 aromatic heterocycles. The molecule has 8 heavy (non-hydrogen) atoms. The van der Waals surface area contributed by atoms with Gasteiger partial charge in [0.05, 0.1) is 0 Å². The van der Waals surface area contributed by atoms with Crippen LogP contribution in [0, 0.1) is 12.8 Å². The first-order chi connectivity index (χ1) is 3.81. The van der Waals surface area contributed by atoms with Crippen molar-refractivity contribution in [1.29, 1.82) is 0 Å². The summed E-state index contributed by atoms with van der Waals surface area (Å²) in [7, 11) is 0. The lowest BCUT2D eigenvalue weighted by Gasteiger charge is -1.92. The van der Waals surface area contributed by atoms with E-state index in [-0.39, 0.29) is 0 Å². The molecule has 0 rings (SSSR count). The summed E-state index contributed by atoms with van der Waals surface area (Å²) in [5.74, 6) is 0.497. The molecular weight excluding hydrogens is 96.1 g/mol. The minimum atomic E-state index is 0.497. The van der Waals surface area contributed by atoms with Gasteiger partial charge in [0, 0.05) is 0 Å². The van der Waals surface area contributed by atoms with E-state index in [4.69, 9.17) is 0 Å². The van der Waals surface area contributed by atoms with E-state index < -0.39 is 0 Å². The van der Waals surface area contributed by atoms with Crippen LogP contribution in [0.2, 0.25) is 0 Å². The zero-order valence-corrected chi connectivity index (χ0v) is 5.43. The van der Waals surface area contributed by atoms with Gasteiger partial charge in [-0.25, -0.2) is 0 Å². The quantitative estimate of drug-likeness (QED) is 0.489. The van der Waals surface area contributed by atoms with Gasteiger partial charge in [-0.1, -0.05) is 25.2 Å². The Morgan fingerprint density at radius 3 is 2.62 bits per heavy atom. The topological polar surface area (TPSA) is 0 Å². The maximum Gasteiger partial charge on any atom is -0.00846 e. The Hall–Kier alpha value is -0.520. The average Bonchev–Trinajstić information content (AvgIpc) is 1.83. The molecule has 0 spiro atoms. The summed E-state index contributed by atoms with van der Waals surface area (Å²) >= 11 is 0. The molecule has 0 heteroatoms. The van der Waals surface area contributed by atoms with Crippen LogP contribution in [-0.4, -0.2) is 0 Å². The van der Waals surface area contributed by atoms with E-state index in [1.807, 2.05) is 12.2 Å². The summed E-state index contributed by atoms with van der Waals surface area (Å²) in [5.41, 5.74) is 0. The standard InChI is InChI=1S/C8H13/c1-4-6-7-8(3)5-2/h5-8H,1-2,4H2,3H3. The van der Waals surface area contributed by atoms with E-state index in [1.54, 1.807) is 0 Å². The summed E-state index contributed by atoms with van der Waals surface area (Å²) in [4.78, 5) is 0. The molecule has 1 unspecified atom stereocenters. The Balaban J connectivity index is 3.35. The molecule has 0 heterocycles. The highest BCUT2D eigenvalue weighted by Crippen LogP contribution is 1.97. The Bertz CT molecular complexity index is 80.0. The number of hydrogen-bond acceptors (Lipinski definition) is 0. The Labute approximate surface area is 51.9 Å². The van der Waals surface area contributed by atoms with E-state index in [9.17, 15) is 0 Å². The summed E-state index contributed by atoms with van der Waals surface area (Å²) in [6.45, 7) is 9.41. The van der Waals surface area contributed by atoms with E-state index in [1.165, 1.54) is 0 Å². The van der Waals surface area contributed by atoms with E-state index >= 15 is 0 Å². The zero-order valence-electron chi connectivity index (χ0n) is 5.43. The first-order valence-corrected chi connectivity index (χ1v) is 2.89. The molecule has 0 bridgehead atoms. The van der Waals surface area contributed by atoms with Gasteiger partial charge in [-0.15, -0.1) is 6.58 Å². The highest BCUT2D eigenvalue weighted by Gasteiger charge is 1.82. The Morgan fingerprint density at radius 2 is 2.25 bits per heavy atom. The highest BCUT2D eigenvalue weighted by atomic mass is 13.9. The van der Waals surface area contributed by atoms with Crippen molar-refractivity contribution in [3.05, 3.63) is 31.7 Å². The molecule has 0 aliphatic heterocycles. The second-order valence-electron chi connectivity index (χ2n) is 1.81. The first kappa shape index (κ1) is 7.48. The lowest BCUT2D eigenvalue weighted by Crippen LogP contribution is -1.78. The van der Waals surface area contributed by atoms with Crippen molar-refractivity contribution in [1.82, 2.24) is 0 Å². The Morgan fingerprint density at radius 1 is 1.62 bits per heavy atom. The molecule has 0 aliphatic rings. The summed E-state index contributed by atoms with van der Waals surface area (Å²) < 4.78 is 0. The van der Waals surface area contributed by atoms with Crippen molar-refractivity contribution in [2.75, 3.05) is 0 Å². The number of rotatable bonds is 3. The molecule has 0 nitrogen and oxygen atoms in total. The molecule has 1 atom stereocenters. The third kappa shape index (κ3) is 3.66. The molecule has 0 aliphatic carbocycles. The van der Waals surface area contributed by atoms with Gasteiger partial charge >= 0.3 is 0 Å². The smallest absolute Gasteiger partial charge is 0.00846 e. The van der Waals surface area contributed by atoms with Gasteiger partial charge in [-0.2, -0.15) is 0 Å². The van der Waals surface area contributed by atoms with Gasteiger partial charge in [0.15, 0.2) is 0 Å². The van der Waals surface area contributed by atoms with Crippen LogP contribution in [0.3, 0.4) is 0 Å². The normalized spacial score (nSPS) is 14.2. The van der Waals surface area contributed by atoms with Crippen LogP contribution in [0.15, 0.2) is 24.8 Å². The monoisotopic (exact) mass is 109 g/mol. The van der Waals surface area contributed by atoms with Gasteiger partial charge < -0.3 is 0 Å². The fourth-order valence-electron chi connectivity index (χ4n) is 0.389. The molecule has 0 aromatic carbocycles. The number of hydrogen-bond donors (Lipinski definition) is 0. The fourth-order valence-corrected chi connectivity index (χ4v) is 0.389. The van der Waals surface area contributed by atoms with E-state index in [0.717, 1.165) is 6.42 Å². The molecular formula is C8H13.